The number of nitro benzene ring substituents is 3. The molecule has 0 heterocycles. The Bertz CT molecular complexity index is 1280. The zero-order chi connectivity index (χ0) is 24.1. The molecule has 13 heteroatoms. The van der Waals surface area contributed by atoms with E-state index in [0.29, 0.717) is 11.3 Å². The molecule has 168 valence electrons. The van der Waals surface area contributed by atoms with Gasteiger partial charge in [-0.1, -0.05) is 11.6 Å². The van der Waals surface area contributed by atoms with Crippen LogP contribution in [-0.2, 0) is 0 Å². The monoisotopic (exact) mass is 472 g/mol. The number of nitro groups is 3. The molecule has 3 aromatic rings. The Kier molecular flexibility index (Phi) is 6.79. The summed E-state index contributed by atoms with van der Waals surface area (Å²) in [5, 5.41) is 33.0. The van der Waals surface area contributed by atoms with Gasteiger partial charge in [0.2, 0.25) is 5.75 Å². The van der Waals surface area contributed by atoms with Gasteiger partial charge in [-0.15, -0.1) is 0 Å². The summed E-state index contributed by atoms with van der Waals surface area (Å²) < 4.78 is 10.9. The molecule has 0 aliphatic carbocycles. The lowest BCUT2D eigenvalue weighted by Gasteiger charge is -2.13. The first-order valence-corrected chi connectivity index (χ1v) is 9.34. The van der Waals surface area contributed by atoms with Crippen molar-refractivity contribution in [3.05, 3.63) is 95.5 Å². The molecule has 0 aromatic heterocycles. The number of benzene rings is 3. The van der Waals surface area contributed by atoms with Crippen molar-refractivity contribution >= 4 is 40.6 Å². The minimum absolute atomic E-state index is 0.0344. The fourth-order valence-electron chi connectivity index (χ4n) is 2.68. The van der Waals surface area contributed by atoms with Crippen molar-refractivity contribution in [1.29, 1.82) is 0 Å². The van der Waals surface area contributed by atoms with E-state index in [-0.39, 0.29) is 28.0 Å². The van der Waals surface area contributed by atoms with Crippen molar-refractivity contribution in [3.8, 4) is 17.2 Å². The molecule has 0 saturated heterocycles. The Morgan fingerprint density at radius 2 is 1.48 bits per heavy atom. The van der Waals surface area contributed by atoms with Crippen LogP contribution in [0.4, 0.5) is 22.7 Å². The van der Waals surface area contributed by atoms with Gasteiger partial charge in [-0.2, -0.15) is 0 Å². The molecule has 3 aromatic carbocycles. The Balaban J connectivity index is 1.92. The minimum atomic E-state index is -0.812. The number of methoxy groups -OCH3 is 1. The average Bonchev–Trinajstić information content (AvgIpc) is 2.79. The lowest BCUT2D eigenvalue weighted by Crippen LogP contribution is -1.98. The van der Waals surface area contributed by atoms with E-state index in [1.54, 1.807) is 0 Å². The first-order valence-electron chi connectivity index (χ1n) is 8.96. The van der Waals surface area contributed by atoms with E-state index in [1.165, 1.54) is 49.7 Å². The number of halogens is 1. The van der Waals surface area contributed by atoms with Crippen LogP contribution in [0.25, 0.3) is 0 Å². The molecule has 33 heavy (non-hydrogen) atoms. The molecule has 0 aliphatic rings. The smallest absolute Gasteiger partial charge is 0.318 e. The van der Waals surface area contributed by atoms with Gasteiger partial charge in [0.05, 0.1) is 38.7 Å². The molecule has 0 N–H and O–H groups in total. The van der Waals surface area contributed by atoms with Crippen molar-refractivity contribution in [2.24, 2.45) is 4.99 Å². The highest BCUT2D eigenvalue weighted by Crippen LogP contribution is 2.42. The maximum Gasteiger partial charge on any atom is 0.318 e. The second-order valence-corrected chi connectivity index (χ2v) is 6.74. The van der Waals surface area contributed by atoms with Crippen molar-refractivity contribution in [1.82, 2.24) is 0 Å². The number of ether oxygens (including phenoxy) is 2. The molecular weight excluding hydrogens is 460 g/mol. The summed E-state index contributed by atoms with van der Waals surface area (Å²) in [6.07, 6.45) is 1.44. The van der Waals surface area contributed by atoms with Crippen LogP contribution in [0.15, 0.2) is 59.6 Å². The zero-order valence-corrected chi connectivity index (χ0v) is 17.5. The molecule has 0 fully saturated rings. The van der Waals surface area contributed by atoms with Crippen molar-refractivity contribution < 1.29 is 24.2 Å². The number of nitrogens with zero attached hydrogens (tertiary/aromatic N) is 4. The molecule has 3 rings (SSSR count). The number of non-ortho nitro benzene ring substituents is 2. The quantitative estimate of drug-likeness (QED) is 0.232. The standard InChI is InChI=1S/C20H13ClN4O8/c1-32-19-9-12(11-22-13-2-4-14(5-3-13)23(26)27)8-16(21)20(19)33-18-7-6-15(24(28)29)10-17(18)25(30)31/h2-11H,1H3. The summed E-state index contributed by atoms with van der Waals surface area (Å²) in [4.78, 5) is 35.1. The van der Waals surface area contributed by atoms with E-state index in [0.717, 1.165) is 18.2 Å². The van der Waals surface area contributed by atoms with E-state index >= 15 is 0 Å². The van der Waals surface area contributed by atoms with Gasteiger partial charge in [-0.05, 0) is 35.9 Å². The normalized spacial score (nSPS) is 10.7. The summed E-state index contributed by atoms with van der Waals surface area (Å²) in [6, 6.07) is 11.5. The Hall–Kier alpha value is -4.58. The average molecular weight is 473 g/mol. The topological polar surface area (TPSA) is 160 Å². The van der Waals surface area contributed by atoms with Gasteiger partial charge in [0.1, 0.15) is 0 Å². The van der Waals surface area contributed by atoms with Crippen LogP contribution in [0.5, 0.6) is 17.2 Å². The van der Waals surface area contributed by atoms with Gasteiger partial charge >= 0.3 is 5.69 Å². The predicted octanol–water partition coefficient (Wildman–Crippen LogP) is 5.62. The fourth-order valence-corrected chi connectivity index (χ4v) is 2.94. The molecule has 0 amide bonds. The van der Waals surface area contributed by atoms with E-state index in [2.05, 4.69) is 4.99 Å². The van der Waals surface area contributed by atoms with Gasteiger partial charge in [-0.3, -0.25) is 35.3 Å². The largest absolute Gasteiger partial charge is 0.493 e. The summed E-state index contributed by atoms with van der Waals surface area (Å²) in [5.41, 5.74) is -0.213. The van der Waals surface area contributed by atoms with Gasteiger partial charge in [0.25, 0.3) is 11.4 Å². The van der Waals surface area contributed by atoms with Crippen LogP contribution in [-0.4, -0.2) is 28.1 Å². The number of aliphatic imine (C=N–C) groups is 1. The Morgan fingerprint density at radius 1 is 0.848 bits per heavy atom. The van der Waals surface area contributed by atoms with Gasteiger partial charge in [0.15, 0.2) is 11.5 Å². The Morgan fingerprint density at radius 3 is 2.06 bits per heavy atom. The van der Waals surface area contributed by atoms with Gasteiger partial charge in [-0.25, -0.2) is 0 Å². The lowest BCUT2D eigenvalue weighted by atomic mass is 10.2. The minimum Gasteiger partial charge on any atom is -0.493 e. The maximum absolute atomic E-state index is 11.3. The van der Waals surface area contributed by atoms with Crippen molar-refractivity contribution in [2.45, 2.75) is 0 Å². The van der Waals surface area contributed by atoms with Crippen LogP contribution in [0.1, 0.15) is 5.56 Å². The molecule has 0 radical (unpaired) electrons. The number of hydrogen-bond acceptors (Lipinski definition) is 9. The highest BCUT2D eigenvalue weighted by atomic mass is 35.5. The SMILES string of the molecule is COc1cc(C=Nc2ccc([N+](=O)[O-])cc2)cc(Cl)c1Oc1ccc([N+](=O)[O-])cc1[N+](=O)[O-]. The van der Waals surface area contributed by atoms with E-state index in [4.69, 9.17) is 21.1 Å². The summed E-state index contributed by atoms with van der Waals surface area (Å²) in [6.45, 7) is 0. The van der Waals surface area contributed by atoms with Gasteiger partial charge < -0.3 is 9.47 Å². The summed E-state index contributed by atoms with van der Waals surface area (Å²) >= 11 is 6.29. The molecule has 0 aliphatic heterocycles. The third kappa shape index (κ3) is 5.37. The molecule has 0 bridgehead atoms. The van der Waals surface area contributed by atoms with E-state index < -0.39 is 26.1 Å². The predicted molar refractivity (Wildman–Crippen MR) is 118 cm³/mol. The third-order valence-electron chi connectivity index (χ3n) is 4.24. The Labute approximate surface area is 190 Å². The van der Waals surface area contributed by atoms with Crippen molar-refractivity contribution in [3.63, 3.8) is 0 Å². The number of rotatable bonds is 8. The first kappa shape index (κ1) is 23.1. The summed E-state index contributed by atoms with van der Waals surface area (Å²) in [5.74, 6) is -0.179. The second-order valence-electron chi connectivity index (χ2n) is 6.33. The summed E-state index contributed by atoms with van der Waals surface area (Å²) in [7, 11) is 1.33. The molecule has 0 atom stereocenters. The van der Waals surface area contributed by atoms with Crippen LogP contribution in [0.2, 0.25) is 5.02 Å². The lowest BCUT2D eigenvalue weighted by molar-refractivity contribution is -0.394. The van der Waals surface area contributed by atoms with E-state index in [9.17, 15) is 30.3 Å². The molecule has 0 spiro atoms. The molecule has 12 nitrogen and oxygen atoms in total. The fraction of sp³-hybridized carbons (Fsp3) is 0.0500. The number of hydrogen-bond donors (Lipinski definition) is 0. The first-order chi connectivity index (χ1) is 15.7. The highest BCUT2D eigenvalue weighted by Gasteiger charge is 2.23. The molecular formula is C20H13ClN4O8. The zero-order valence-electron chi connectivity index (χ0n) is 16.7. The second kappa shape index (κ2) is 9.70. The van der Waals surface area contributed by atoms with Crippen LogP contribution in [0, 0.1) is 30.3 Å². The molecule has 0 unspecified atom stereocenters. The highest BCUT2D eigenvalue weighted by molar-refractivity contribution is 6.32. The van der Waals surface area contributed by atoms with E-state index in [1.807, 2.05) is 0 Å². The van der Waals surface area contributed by atoms with Crippen LogP contribution in [0.3, 0.4) is 0 Å². The van der Waals surface area contributed by atoms with Crippen LogP contribution < -0.4 is 9.47 Å². The molecule has 0 saturated carbocycles. The maximum atomic E-state index is 11.3. The van der Waals surface area contributed by atoms with Gasteiger partial charge in [0, 0.05) is 24.4 Å². The third-order valence-corrected chi connectivity index (χ3v) is 4.52. The van der Waals surface area contributed by atoms with Crippen LogP contribution >= 0.6 is 11.6 Å². The van der Waals surface area contributed by atoms with Crippen molar-refractivity contribution in [2.75, 3.05) is 7.11 Å².